The molecule has 0 aliphatic rings. The smallest absolute Gasteiger partial charge is 0.240 e. The maximum atomic E-state index is 11.9. The summed E-state index contributed by atoms with van der Waals surface area (Å²) in [6.45, 7) is 4.22. The van der Waals surface area contributed by atoms with Crippen molar-refractivity contribution in [2.24, 2.45) is 0 Å². The monoisotopic (exact) mass is 284 g/mol. The maximum Gasteiger partial charge on any atom is 0.240 e. The molecule has 1 rings (SSSR count). The van der Waals surface area contributed by atoms with E-state index in [0.29, 0.717) is 19.5 Å². The van der Waals surface area contributed by atoms with E-state index in [4.69, 9.17) is 0 Å². The predicted molar refractivity (Wildman–Crippen MR) is 74.3 cm³/mol. The lowest BCUT2D eigenvalue weighted by Crippen LogP contribution is -2.28. The van der Waals surface area contributed by atoms with Crippen LogP contribution in [0.3, 0.4) is 0 Å². The number of carbonyl (C=O) groups is 1. The molecule has 6 heteroatoms. The van der Waals surface area contributed by atoms with Gasteiger partial charge in [0.2, 0.25) is 15.9 Å². The molecule has 1 amide bonds. The molecular formula is C13H20N2O3S. The van der Waals surface area contributed by atoms with E-state index in [1.54, 1.807) is 12.1 Å². The molecule has 0 fully saturated rings. The highest BCUT2D eigenvalue weighted by Gasteiger charge is 2.12. The number of sulfonamides is 1. The first-order chi connectivity index (χ1) is 8.95. The largest absolute Gasteiger partial charge is 0.356 e. The van der Waals surface area contributed by atoms with Crippen LogP contribution in [0.2, 0.25) is 0 Å². The molecule has 0 saturated heterocycles. The van der Waals surface area contributed by atoms with E-state index in [1.165, 1.54) is 6.92 Å². The molecule has 5 nitrogen and oxygen atoms in total. The minimum atomic E-state index is -3.45. The summed E-state index contributed by atoms with van der Waals surface area (Å²) in [4.78, 5) is 10.9. The summed E-state index contributed by atoms with van der Waals surface area (Å²) in [7, 11) is -3.45. The van der Waals surface area contributed by atoms with Gasteiger partial charge in [0.1, 0.15) is 0 Å². The van der Waals surface area contributed by atoms with E-state index < -0.39 is 10.0 Å². The first-order valence-electron chi connectivity index (χ1n) is 6.28. The first kappa shape index (κ1) is 15.7. The second-order valence-electron chi connectivity index (χ2n) is 4.23. The lowest BCUT2D eigenvalue weighted by atomic mass is 10.2. The number of aryl methyl sites for hydroxylation is 1. The van der Waals surface area contributed by atoms with Gasteiger partial charge in [0, 0.05) is 20.0 Å². The van der Waals surface area contributed by atoms with Crippen LogP contribution >= 0.6 is 0 Å². The van der Waals surface area contributed by atoms with E-state index in [1.807, 2.05) is 19.1 Å². The van der Waals surface area contributed by atoms with Gasteiger partial charge in [-0.3, -0.25) is 4.79 Å². The molecule has 0 saturated carbocycles. The molecule has 0 atom stereocenters. The summed E-state index contributed by atoms with van der Waals surface area (Å²) in [6.07, 6.45) is 1.44. The van der Waals surface area contributed by atoms with Crippen molar-refractivity contribution in [3.8, 4) is 0 Å². The molecule has 0 heterocycles. The Morgan fingerprint density at radius 3 is 2.32 bits per heavy atom. The minimum absolute atomic E-state index is 0.113. The van der Waals surface area contributed by atoms with Crippen molar-refractivity contribution < 1.29 is 13.2 Å². The van der Waals surface area contributed by atoms with Crippen molar-refractivity contribution in [1.29, 1.82) is 0 Å². The Labute approximate surface area is 114 Å². The normalized spacial score (nSPS) is 11.3. The summed E-state index contributed by atoms with van der Waals surface area (Å²) in [6, 6.07) is 6.84. The average Bonchev–Trinajstić information content (AvgIpc) is 2.38. The highest BCUT2D eigenvalue weighted by Crippen LogP contribution is 2.10. The SMILES string of the molecule is CCc1ccc(S(=O)(=O)NCCCNC(C)=O)cc1. The van der Waals surface area contributed by atoms with Gasteiger partial charge in [-0.25, -0.2) is 13.1 Å². The van der Waals surface area contributed by atoms with Crippen LogP contribution in [-0.2, 0) is 21.2 Å². The summed E-state index contributed by atoms with van der Waals surface area (Å²) >= 11 is 0. The summed E-state index contributed by atoms with van der Waals surface area (Å²) < 4.78 is 26.4. The average molecular weight is 284 g/mol. The second kappa shape index (κ2) is 7.25. The summed E-state index contributed by atoms with van der Waals surface area (Å²) in [5.74, 6) is -0.113. The number of nitrogens with one attached hydrogen (secondary N) is 2. The zero-order chi connectivity index (χ0) is 14.3. The quantitative estimate of drug-likeness (QED) is 0.735. The first-order valence-corrected chi connectivity index (χ1v) is 7.77. The van der Waals surface area contributed by atoms with E-state index in [-0.39, 0.29) is 10.8 Å². The van der Waals surface area contributed by atoms with Crippen LogP contribution in [0.15, 0.2) is 29.2 Å². The molecule has 19 heavy (non-hydrogen) atoms. The third kappa shape index (κ3) is 5.40. The van der Waals surface area contributed by atoms with E-state index >= 15 is 0 Å². The zero-order valence-electron chi connectivity index (χ0n) is 11.3. The molecule has 0 aliphatic heterocycles. The van der Waals surface area contributed by atoms with Gasteiger partial charge in [-0.15, -0.1) is 0 Å². The van der Waals surface area contributed by atoms with Crippen LogP contribution in [0.25, 0.3) is 0 Å². The topological polar surface area (TPSA) is 75.3 Å². The van der Waals surface area contributed by atoms with Crippen molar-refractivity contribution >= 4 is 15.9 Å². The third-order valence-electron chi connectivity index (χ3n) is 2.66. The zero-order valence-corrected chi connectivity index (χ0v) is 12.1. The molecule has 1 aromatic carbocycles. The van der Waals surface area contributed by atoms with Crippen LogP contribution in [0.4, 0.5) is 0 Å². The van der Waals surface area contributed by atoms with Crippen LogP contribution in [0.5, 0.6) is 0 Å². The van der Waals surface area contributed by atoms with Crippen molar-refractivity contribution in [2.45, 2.75) is 31.6 Å². The molecule has 0 aliphatic carbocycles. The fourth-order valence-electron chi connectivity index (χ4n) is 1.55. The molecule has 106 valence electrons. The lowest BCUT2D eigenvalue weighted by molar-refractivity contribution is -0.118. The van der Waals surface area contributed by atoms with Gasteiger partial charge >= 0.3 is 0 Å². The van der Waals surface area contributed by atoms with Crippen LogP contribution in [-0.4, -0.2) is 27.4 Å². The van der Waals surface area contributed by atoms with Crippen LogP contribution in [0, 0.1) is 0 Å². The van der Waals surface area contributed by atoms with Gasteiger partial charge in [-0.05, 0) is 30.5 Å². The number of benzene rings is 1. The van der Waals surface area contributed by atoms with Gasteiger partial charge in [0.25, 0.3) is 0 Å². The molecule has 2 N–H and O–H groups in total. The van der Waals surface area contributed by atoms with E-state index in [2.05, 4.69) is 10.0 Å². The van der Waals surface area contributed by atoms with Gasteiger partial charge in [0.15, 0.2) is 0 Å². The highest BCUT2D eigenvalue weighted by molar-refractivity contribution is 7.89. The van der Waals surface area contributed by atoms with Crippen LogP contribution < -0.4 is 10.0 Å². The molecule has 0 radical (unpaired) electrons. The molecule has 0 bridgehead atoms. The molecule has 0 aromatic heterocycles. The Bertz CT molecular complexity index is 509. The number of hydrogen-bond acceptors (Lipinski definition) is 3. The molecule has 0 spiro atoms. The molecular weight excluding hydrogens is 264 g/mol. The predicted octanol–water partition coefficient (Wildman–Crippen LogP) is 1.05. The molecule has 0 unspecified atom stereocenters. The number of carbonyl (C=O) groups excluding carboxylic acids is 1. The van der Waals surface area contributed by atoms with E-state index in [9.17, 15) is 13.2 Å². The summed E-state index contributed by atoms with van der Waals surface area (Å²) in [5, 5.41) is 2.61. The number of rotatable bonds is 7. The van der Waals surface area contributed by atoms with Crippen molar-refractivity contribution in [3.05, 3.63) is 29.8 Å². The van der Waals surface area contributed by atoms with Crippen LogP contribution in [0.1, 0.15) is 25.8 Å². The van der Waals surface area contributed by atoms with Crippen molar-refractivity contribution in [2.75, 3.05) is 13.1 Å². The molecule has 1 aromatic rings. The van der Waals surface area contributed by atoms with Crippen molar-refractivity contribution in [3.63, 3.8) is 0 Å². The highest BCUT2D eigenvalue weighted by atomic mass is 32.2. The Morgan fingerprint density at radius 1 is 1.16 bits per heavy atom. The van der Waals surface area contributed by atoms with Crippen molar-refractivity contribution in [1.82, 2.24) is 10.0 Å². The minimum Gasteiger partial charge on any atom is -0.356 e. The standard InChI is InChI=1S/C13H20N2O3S/c1-3-12-5-7-13(8-6-12)19(17,18)15-10-4-9-14-11(2)16/h5-8,15H,3-4,9-10H2,1-2H3,(H,14,16). The summed E-state index contributed by atoms with van der Waals surface area (Å²) in [5.41, 5.74) is 1.10. The Balaban J connectivity index is 2.48. The van der Waals surface area contributed by atoms with E-state index in [0.717, 1.165) is 12.0 Å². The number of hydrogen-bond donors (Lipinski definition) is 2. The number of amides is 1. The fraction of sp³-hybridized carbons (Fsp3) is 0.462. The Kier molecular flexibility index (Phi) is 5.98. The van der Waals surface area contributed by atoms with Gasteiger partial charge < -0.3 is 5.32 Å². The van der Waals surface area contributed by atoms with Gasteiger partial charge in [0.05, 0.1) is 4.90 Å². The Hall–Kier alpha value is -1.40. The second-order valence-corrected chi connectivity index (χ2v) is 6.00. The van der Waals surface area contributed by atoms with Gasteiger partial charge in [-0.2, -0.15) is 0 Å². The lowest BCUT2D eigenvalue weighted by Gasteiger charge is -2.07. The third-order valence-corrected chi connectivity index (χ3v) is 4.14. The van der Waals surface area contributed by atoms with Gasteiger partial charge in [-0.1, -0.05) is 19.1 Å². The Morgan fingerprint density at radius 2 is 1.79 bits per heavy atom. The fourth-order valence-corrected chi connectivity index (χ4v) is 2.62. The maximum absolute atomic E-state index is 11.9.